The van der Waals surface area contributed by atoms with Crippen molar-refractivity contribution in [1.82, 2.24) is 9.88 Å². The summed E-state index contributed by atoms with van der Waals surface area (Å²) in [6.07, 6.45) is 0.815. The molecule has 1 heterocycles. The number of carbonyl (C=O) groups excluding carboxylic acids is 1. The maximum absolute atomic E-state index is 13.0. The molecule has 1 saturated carbocycles. The van der Waals surface area contributed by atoms with Gasteiger partial charge in [0, 0.05) is 11.3 Å². The van der Waals surface area contributed by atoms with Crippen LogP contribution in [0.25, 0.3) is 0 Å². The lowest BCUT2D eigenvalue weighted by Crippen LogP contribution is -2.34. The van der Waals surface area contributed by atoms with Crippen molar-refractivity contribution in [3.63, 3.8) is 0 Å². The minimum atomic E-state index is -2.75. The highest BCUT2D eigenvalue weighted by Gasteiger charge is 2.61. The fourth-order valence-electron chi connectivity index (χ4n) is 1.63. The summed E-state index contributed by atoms with van der Waals surface area (Å²) >= 11 is 1.37. The number of rotatable bonds is 4. The second kappa shape index (κ2) is 4.18. The Morgan fingerprint density at radius 3 is 2.88 bits per heavy atom. The van der Waals surface area contributed by atoms with Gasteiger partial charge < -0.3 is 4.90 Å². The van der Waals surface area contributed by atoms with Crippen molar-refractivity contribution in [3.05, 3.63) is 28.7 Å². The second-order valence-electron chi connectivity index (χ2n) is 4.01. The largest absolute Gasteiger partial charge is 0.325 e. The number of aryl methyl sites for hydroxylation is 1. The Hall–Kier alpha value is -1.30. The van der Waals surface area contributed by atoms with Crippen LogP contribution in [0.2, 0.25) is 0 Å². The van der Waals surface area contributed by atoms with Gasteiger partial charge in [0.1, 0.15) is 6.04 Å². The molecule has 0 aromatic carbocycles. The molecule has 1 aromatic rings. The maximum Gasteiger partial charge on any atom is 0.270 e. The highest BCUT2D eigenvalue weighted by atomic mass is 32.1. The normalized spacial score (nSPS) is 21.0. The van der Waals surface area contributed by atoms with Gasteiger partial charge in [-0.05, 0) is 13.0 Å². The van der Waals surface area contributed by atoms with Gasteiger partial charge in [0.05, 0.1) is 17.7 Å². The third-order valence-corrected chi connectivity index (χ3v) is 3.71. The lowest BCUT2D eigenvalue weighted by atomic mass is 10.3. The molecule has 1 unspecified atom stereocenters. The zero-order valence-corrected chi connectivity index (χ0v) is 10.1. The first kappa shape index (κ1) is 12.2. The average Bonchev–Trinajstić information content (AvgIpc) is 2.70. The van der Waals surface area contributed by atoms with E-state index in [4.69, 9.17) is 0 Å². The molecule has 3 nitrogen and oxygen atoms in total. The van der Waals surface area contributed by atoms with E-state index in [9.17, 15) is 13.6 Å². The van der Waals surface area contributed by atoms with Crippen LogP contribution in [0.5, 0.6) is 0 Å². The highest BCUT2D eigenvalue weighted by Crippen LogP contribution is 2.46. The van der Waals surface area contributed by atoms with Gasteiger partial charge in [-0.1, -0.05) is 6.58 Å². The van der Waals surface area contributed by atoms with Crippen molar-refractivity contribution < 1.29 is 13.6 Å². The molecule has 1 aliphatic carbocycles. The zero-order chi connectivity index (χ0) is 12.6. The van der Waals surface area contributed by atoms with Gasteiger partial charge in [-0.2, -0.15) is 0 Å². The van der Waals surface area contributed by atoms with Crippen LogP contribution in [0.1, 0.15) is 17.0 Å². The van der Waals surface area contributed by atoms with Crippen molar-refractivity contribution in [1.29, 1.82) is 0 Å². The van der Waals surface area contributed by atoms with E-state index < -0.39 is 17.9 Å². The van der Waals surface area contributed by atoms with Crippen molar-refractivity contribution in [3.8, 4) is 0 Å². The first-order chi connectivity index (χ1) is 7.95. The molecule has 1 aromatic heterocycles. The highest BCUT2D eigenvalue weighted by molar-refractivity contribution is 7.09. The van der Waals surface area contributed by atoms with Gasteiger partial charge in [0.25, 0.3) is 5.92 Å². The zero-order valence-electron chi connectivity index (χ0n) is 9.32. The number of hydrogen-bond acceptors (Lipinski definition) is 3. The van der Waals surface area contributed by atoms with Gasteiger partial charge in [-0.3, -0.25) is 4.79 Å². The quantitative estimate of drug-likeness (QED) is 0.777. The summed E-state index contributed by atoms with van der Waals surface area (Å²) in [6.45, 7) is 5.32. The molecule has 0 bridgehead atoms. The Balaban J connectivity index is 2.15. The van der Waals surface area contributed by atoms with Gasteiger partial charge in [-0.15, -0.1) is 11.3 Å². The number of aromatic nitrogens is 1. The average molecular weight is 258 g/mol. The van der Waals surface area contributed by atoms with Gasteiger partial charge in [0.2, 0.25) is 5.91 Å². The monoisotopic (exact) mass is 258 g/mol. The predicted octanol–water partition coefficient (Wildman–Crippen LogP) is 2.37. The molecule has 1 fully saturated rings. The molecule has 1 amide bonds. The Morgan fingerprint density at radius 2 is 2.47 bits per heavy atom. The van der Waals surface area contributed by atoms with Crippen molar-refractivity contribution in [2.75, 3.05) is 0 Å². The third kappa shape index (κ3) is 2.36. The van der Waals surface area contributed by atoms with Crippen molar-refractivity contribution >= 4 is 17.2 Å². The topological polar surface area (TPSA) is 33.2 Å². The van der Waals surface area contributed by atoms with Crippen molar-refractivity contribution in [2.45, 2.75) is 31.9 Å². The molecule has 0 N–H and O–H groups in total. The van der Waals surface area contributed by atoms with Crippen LogP contribution in [0.15, 0.2) is 18.2 Å². The minimum Gasteiger partial charge on any atom is -0.325 e. The van der Waals surface area contributed by atoms with Crippen LogP contribution in [0.4, 0.5) is 8.78 Å². The summed E-state index contributed by atoms with van der Waals surface area (Å²) in [5.41, 5.74) is 2.42. The fourth-order valence-corrected chi connectivity index (χ4v) is 2.40. The number of alkyl halides is 2. The number of halogens is 2. The van der Waals surface area contributed by atoms with E-state index >= 15 is 0 Å². The van der Waals surface area contributed by atoms with E-state index in [0.717, 1.165) is 16.6 Å². The molecule has 2 rings (SSSR count). The first-order valence-electron chi connectivity index (χ1n) is 5.15. The summed E-state index contributed by atoms with van der Waals surface area (Å²) in [4.78, 5) is 17.6. The molecule has 92 valence electrons. The van der Waals surface area contributed by atoms with E-state index in [1.807, 2.05) is 0 Å². The smallest absolute Gasteiger partial charge is 0.270 e. The minimum absolute atomic E-state index is 0.182. The van der Waals surface area contributed by atoms with E-state index in [2.05, 4.69) is 11.6 Å². The van der Waals surface area contributed by atoms with E-state index in [1.165, 1.54) is 16.2 Å². The van der Waals surface area contributed by atoms with Crippen LogP contribution in [-0.2, 0) is 11.3 Å². The van der Waals surface area contributed by atoms with Crippen molar-refractivity contribution in [2.24, 2.45) is 0 Å². The van der Waals surface area contributed by atoms with Crippen LogP contribution in [-0.4, -0.2) is 27.8 Å². The molecule has 6 heteroatoms. The first-order valence-corrected chi connectivity index (χ1v) is 6.03. The lowest BCUT2D eigenvalue weighted by Gasteiger charge is -2.20. The van der Waals surface area contributed by atoms with Crippen LogP contribution < -0.4 is 0 Å². The standard InChI is InChI=1S/C11H12F2N2OS/c1-3-10(16)15(9-4-11(9,12)13)5-8-7(2)14-6-17-8/h3,6,9H,1,4-5H2,2H3. The molecule has 1 atom stereocenters. The molecule has 1 aliphatic rings. The number of hydrogen-bond donors (Lipinski definition) is 0. The predicted molar refractivity (Wildman–Crippen MR) is 61.0 cm³/mol. The van der Waals surface area contributed by atoms with E-state index in [-0.39, 0.29) is 13.0 Å². The molecular formula is C11H12F2N2OS. The van der Waals surface area contributed by atoms with Gasteiger partial charge in [0.15, 0.2) is 0 Å². The van der Waals surface area contributed by atoms with Gasteiger partial charge >= 0.3 is 0 Å². The maximum atomic E-state index is 13.0. The van der Waals surface area contributed by atoms with Crippen LogP contribution in [0.3, 0.4) is 0 Å². The third-order valence-electron chi connectivity index (χ3n) is 2.79. The second-order valence-corrected chi connectivity index (χ2v) is 4.95. The number of nitrogens with zero attached hydrogens (tertiary/aromatic N) is 2. The molecule has 0 radical (unpaired) electrons. The summed E-state index contributed by atoms with van der Waals surface area (Å²) in [7, 11) is 0. The number of thiazole rings is 1. The molecule has 0 saturated heterocycles. The fraction of sp³-hybridized carbons (Fsp3) is 0.455. The molecule has 0 spiro atoms. The van der Waals surface area contributed by atoms with Crippen LogP contribution in [0, 0.1) is 6.92 Å². The Kier molecular flexibility index (Phi) is 2.99. The SMILES string of the molecule is C=CC(=O)N(Cc1scnc1C)C1CC1(F)F. The molecule has 0 aliphatic heterocycles. The summed E-state index contributed by atoms with van der Waals surface area (Å²) in [6, 6.07) is -0.991. The summed E-state index contributed by atoms with van der Waals surface area (Å²) in [5.74, 6) is -3.21. The number of amides is 1. The van der Waals surface area contributed by atoms with E-state index in [0.29, 0.717) is 0 Å². The Labute approximate surface area is 102 Å². The molecule has 17 heavy (non-hydrogen) atoms. The Morgan fingerprint density at radius 1 is 1.82 bits per heavy atom. The summed E-state index contributed by atoms with van der Waals surface area (Å²) < 4.78 is 26.1. The van der Waals surface area contributed by atoms with Crippen LogP contribution >= 0.6 is 11.3 Å². The Bertz CT molecular complexity index is 458. The molecular weight excluding hydrogens is 246 g/mol. The summed E-state index contributed by atoms with van der Waals surface area (Å²) in [5, 5.41) is 0. The van der Waals surface area contributed by atoms with E-state index in [1.54, 1.807) is 12.4 Å². The lowest BCUT2D eigenvalue weighted by molar-refractivity contribution is -0.128. The van der Waals surface area contributed by atoms with Gasteiger partial charge in [-0.25, -0.2) is 13.8 Å². The number of carbonyl (C=O) groups is 1.